The zero-order chi connectivity index (χ0) is 19.2. The van der Waals surface area contributed by atoms with Crippen molar-refractivity contribution in [1.82, 2.24) is 15.1 Å². The number of nitrogens with zero attached hydrogens (tertiary/aromatic N) is 2. The Balaban J connectivity index is 1.63. The monoisotopic (exact) mass is 391 g/mol. The summed E-state index contributed by atoms with van der Waals surface area (Å²) in [5, 5.41) is 2.94. The zero-order valence-corrected chi connectivity index (χ0v) is 16.9. The average Bonchev–Trinajstić information content (AvgIpc) is 3.14. The first-order valence-corrected chi connectivity index (χ1v) is 10.7. The lowest BCUT2D eigenvalue weighted by atomic mass is 10.1. The van der Waals surface area contributed by atoms with E-state index in [-0.39, 0.29) is 23.1 Å². The molecule has 148 valence electrons. The second-order valence-corrected chi connectivity index (χ2v) is 8.37. The molecular formula is C20H29N3O3S. The van der Waals surface area contributed by atoms with E-state index in [9.17, 15) is 9.59 Å². The number of carbonyl (C=O) groups is 2. The van der Waals surface area contributed by atoms with Crippen LogP contribution in [0.2, 0.25) is 0 Å². The number of hydrogen-bond donors (Lipinski definition) is 1. The van der Waals surface area contributed by atoms with Crippen LogP contribution < -0.4 is 5.32 Å². The summed E-state index contributed by atoms with van der Waals surface area (Å²) in [5.74, 6) is 0.463. The van der Waals surface area contributed by atoms with Crippen molar-refractivity contribution in [3.05, 3.63) is 35.9 Å². The van der Waals surface area contributed by atoms with Crippen molar-refractivity contribution in [2.24, 2.45) is 5.92 Å². The number of rotatable bonds is 6. The maximum absolute atomic E-state index is 12.9. The summed E-state index contributed by atoms with van der Waals surface area (Å²) < 4.78 is 5.35. The normalized spacial score (nSPS) is 23.6. The first-order valence-electron chi connectivity index (χ1n) is 9.64. The molecule has 0 bridgehead atoms. The van der Waals surface area contributed by atoms with Crippen LogP contribution in [0.5, 0.6) is 0 Å². The van der Waals surface area contributed by atoms with Gasteiger partial charge in [0.15, 0.2) is 0 Å². The number of nitrogens with one attached hydrogen (secondary N) is 1. The smallest absolute Gasteiger partial charge is 0.243 e. The van der Waals surface area contributed by atoms with Crippen LogP contribution in [0.3, 0.4) is 0 Å². The standard InChI is InChI=1S/C20H29N3O3S/c1-15(2)19(25)23-17(14-27-20(23)16-6-4-3-5-7-16)18(24)21-8-9-22-10-12-26-13-11-22/h3-7,15,17,20H,8-14H2,1-2H3,(H,21,24). The van der Waals surface area contributed by atoms with Crippen LogP contribution in [-0.2, 0) is 14.3 Å². The van der Waals surface area contributed by atoms with Gasteiger partial charge in [0.1, 0.15) is 11.4 Å². The van der Waals surface area contributed by atoms with Crippen LogP contribution in [0.25, 0.3) is 0 Å². The van der Waals surface area contributed by atoms with Gasteiger partial charge in [0, 0.05) is 37.8 Å². The van der Waals surface area contributed by atoms with E-state index < -0.39 is 6.04 Å². The van der Waals surface area contributed by atoms with Crippen LogP contribution >= 0.6 is 11.8 Å². The minimum Gasteiger partial charge on any atom is -0.379 e. The number of morpholine rings is 1. The molecule has 1 aromatic carbocycles. The maximum Gasteiger partial charge on any atom is 0.243 e. The minimum atomic E-state index is -0.417. The molecule has 0 aromatic heterocycles. The molecule has 3 rings (SSSR count). The second kappa shape index (κ2) is 9.57. The van der Waals surface area contributed by atoms with Gasteiger partial charge in [-0.3, -0.25) is 14.5 Å². The molecule has 2 amide bonds. The van der Waals surface area contributed by atoms with E-state index in [2.05, 4.69) is 10.2 Å². The van der Waals surface area contributed by atoms with Crippen LogP contribution in [0.1, 0.15) is 24.8 Å². The highest BCUT2D eigenvalue weighted by Gasteiger charge is 2.42. The lowest BCUT2D eigenvalue weighted by Crippen LogP contribution is -2.50. The molecule has 2 saturated heterocycles. The molecule has 7 heteroatoms. The SMILES string of the molecule is CC(C)C(=O)N1C(C(=O)NCCN2CCOCC2)CSC1c1ccccc1. The number of hydrogen-bond acceptors (Lipinski definition) is 5. The maximum atomic E-state index is 12.9. The summed E-state index contributed by atoms with van der Waals surface area (Å²) in [4.78, 5) is 29.8. The van der Waals surface area contributed by atoms with E-state index in [1.165, 1.54) is 0 Å². The molecule has 2 fully saturated rings. The van der Waals surface area contributed by atoms with Crippen LogP contribution in [-0.4, -0.2) is 72.8 Å². The first-order chi connectivity index (χ1) is 13.1. The minimum absolute atomic E-state index is 0.0298. The van der Waals surface area contributed by atoms with Crippen LogP contribution in [0.15, 0.2) is 30.3 Å². The van der Waals surface area contributed by atoms with Crippen molar-refractivity contribution in [2.45, 2.75) is 25.3 Å². The Labute approximate surface area is 165 Å². The number of amides is 2. The van der Waals surface area contributed by atoms with Gasteiger partial charge >= 0.3 is 0 Å². The third kappa shape index (κ3) is 5.03. The molecule has 27 heavy (non-hydrogen) atoms. The molecule has 2 aliphatic heterocycles. The summed E-state index contributed by atoms with van der Waals surface area (Å²) in [7, 11) is 0. The van der Waals surface area contributed by atoms with E-state index in [1.54, 1.807) is 16.7 Å². The predicted molar refractivity (Wildman–Crippen MR) is 107 cm³/mol. The van der Waals surface area contributed by atoms with E-state index >= 15 is 0 Å². The van der Waals surface area contributed by atoms with Gasteiger partial charge in [0.2, 0.25) is 11.8 Å². The summed E-state index contributed by atoms with van der Waals surface area (Å²) in [6.07, 6.45) is 0. The number of carbonyl (C=O) groups excluding carboxylic acids is 2. The van der Waals surface area contributed by atoms with Crippen molar-refractivity contribution in [1.29, 1.82) is 0 Å². The lowest BCUT2D eigenvalue weighted by molar-refractivity contribution is -0.142. The molecule has 6 nitrogen and oxygen atoms in total. The zero-order valence-electron chi connectivity index (χ0n) is 16.1. The number of thioether (sulfide) groups is 1. The van der Waals surface area contributed by atoms with Crippen LogP contribution in [0.4, 0.5) is 0 Å². The summed E-state index contributed by atoms with van der Waals surface area (Å²) in [6, 6.07) is 9.55. The Kier molecular flexibility index (Phi) is 7.15. The van der Waals surface area contributed by atoms with E-state index in [0.29, 0.717) is 12.3 Å². The quantitative estimate of drug-likeness (QED) is 0.800. The van der Waals surface area contributed by atoms with Crippen LogP contribution in [0, 0.1) is 5.92 Å². The number of ether oxygens (including phenoxy) is 1. The molecule has 2 unspecified atom stereocenters. The highest BCUT2D eigenvalue weighted by Crippen LogP contribution is 2.42. The van der Waals surface area contributed by atoms with Gasteiger partial charge in [-0.2, -0.15) is 0 Å². The van der Waals surface area contributed by atoms with Crippen molar-refractivity contribution in [3.8, 4) is 0 Å². The fourth-order valence-electron chi connectivity index (χ4n) is 3.43. The van der Waals surface area contributed by atoms with Gasteiger partial charge in [-0.25, -0.2) is 0 Å². The summed E-state index contributed by atoms with van der Waals surface area (Å²) in [5.41, 5.74) is 1.07. The third-order valence-corrected chi connectivity index (χ3v) is 6.29. The van der Waals surface area contributed by atoms with Crippen molar-refractivity contribution >= 4 is 23.6 Å². The molecule has 0 spiro atoms. The fraction of sp³-hybridized carbons (Fsp3) is 0.600. The molecule has 1 N–H and O–H groups in total. The van der Waals surface area contributed by atoms with Gasteiger partial charge in [-0.15, -0.1) is 11.8 Å². The lowest BCUT2D eigenvalue weighted by Gasteiger charge is -2.31. The van der Waals surface area contributed by atoms with Gasteiger partial charge in [-0.05, 0) is 5.56 Å². The predicted octanol–water partition coefficient (Wildman–Crippen LogP) is 1.73. The van der Waals surface area contributed by atoms with Gasteiger partial charge in [0.25, 0.3) is 0 Å². The van der Waals surface area contributed by atoms with E-state index in [4.69, 9.17) is 4.74 Å². The van der Waals surface area contributed by atoms with E-state index in [1.807, 2.05) is 44.2 Å². The Morgan fingerprint density at radius 3 is 2.59 bits per heavy atom. The fourth-order valence-corrected chi connectivity index (χ4v) is 4.87. The molecule has 2 aliphatic rings. The largest absolute Gasteiger partial charge is 0.379 e. The Hall–Kier alpha value is -1.57. The molecule has 2 heterocycles. The first kappa shape index (κ1) is 20.2. The van der Waals surface area contributed by atoms with Gasteiger partial charge in [0.05, 0.1) is 13.2 Å². The van der Waals surface area contributed by atoms with E-state index in [0.717, 1.165) is 38.4 Å². The molecular weight excluding hydrogens is 362 g/mol. The number of benzene rings is 1. The Morgan fingerprint density at radius 2 is 1.93 bits per heavy atom. The van der Waals surface area contributed by atoms with Gasteiger partial charge in [-0.1, -0.05) is 44.2 Å². The molecule has 2 atom stereocenters. The highest BCUT2D eigenvalue weighted by molar-refractivity contribution is 7.99. The molecule has 0 aliphatic carbocycles. The Morgan fingerprint density at radius 1 is 1.22 bits per heavy atom. The topological polar surface area (TPSA) is 61.9 Å². The third-order valence-electron chi connectivity index (χ3n) is 4.97. The summed E-state index contributed by atoms with van der Waals surface area (Å²) >= 11 is 1.66. The van der Waals surface area contributed by atoms with Crippen molar-refractivity contribution in [2.75, 3.05) is 45.1 Å². The second-order valence-electron chi connectivity index (χ2n) is 7.26. The molecule has 0 saturated carbocycles. The average molecular weight is 392 g/mol. The van der Waals surface area contributed by atoms with Gasteiger partial charge < -0.3 is 15.0 Å². The van der Waals surface area contributed by atoms with Crippen molar-refractivity contribution < 1.29 is 14.3 Å². The highest BCUT2D eigenvalue weighted by atomic mass is 32.2. The van der Waals surface area contributed by atoms with Crippen molar-refractivity contribution in [3.63, 3.8) is 0 Å². The summed E-state index contributed by atoms with van der Waals surface area (Å²) in [6.45, 7) is 8.51. The molecule has 0 radical (unpaired) electrons. The Bertz CT molecular complexity index is 635. The molecule has 1 aromatic rings.